The van der Waals surface area contributed by atoms with Crippen LogP contribution in [0, 0.1) is 11.8 Å². The molecule has 2 rings (SSSR count). The van der Waals surface area contributed by atoms with Gasteiger partial charge in [-0.25, -0.2) is 0 Å². The first kappa shape index (κ1) is 18.3. The van der Waals surface area contributed by atoms with Crippen LogP contribution < -0.4 is 10.6 Å². The minimum absolute atomic E-state index is 0.0365. The van der Waals surface area contributed by atoms with Gasteiger partial charge in [0.15, 0.2) is 5.96 Å². The Morgan fingerprint density at radius 2 is 1.96 bits per heavy atom. The van der Waals surface area contributed by atoms with Crippen molar-refractivity contribution in [1.29, 1.82) is 0 Å². The summed E-state index contributed by atoms with van der Waals surface area (Å²) in [6.07, 6.45) is 2.52. The minimum atomic E-state index is -0.0365. The van der Waals surface area contributed by atoms with E-state index in [0.717, 1.165) is 30.9 Å². The monoisotopic (exact) mass is 330 g/mol. The number of hydrogen-bond acceptors (Lipinski definition) is 2. The first-order valence-electron chi connectivity index (χ1n) is 8.89. The van der Waals surface area contributed by atoms with Crippen molar-refractivity contribution in [2.24, 2.45) is 16.8 Å². The number of carbonyl (C=O) groups excluding carboxylic acids is 1. The number of benzene rings is 1. The Labute approximate surface area is 145 Å². The fourth-order valence-corrected chi connectivity index (χ4v) is 3.26. The Hall–Kier alpha value is -2.04. The number of aliphatic imine (C=N–C) groups is 1. The molecule has 1 saturated heterocycles. The maximum atomic E-state index is 12.0. The van der Waals surface area contributed by atoms with Gasteiger partial charge >= 0.3 is 0 Å². The van der Waals surface area contributed by atoms with Crippen molar-refractivity contribution < 1.29 is 4.79 Å². The Morgan fingerprint density at radius 3 is 2.62 bits per heavy atom. The Balaban J connectivity index is 1.70. The summed E-state index contributed by atoms with van der Waals surface area (Å²) < 4.78 is 0. The van der Waals surface area contributed by atoms with Crippen LogP contribution in [0.3, 0.4) is 0 Å². The summed E-state index contributed by atoms with van der Waals surface area (Å²) in [5.41, 5.74) is 0.693. The maximum Gasteiger partial charge on any atom is 0.251 e. The van der Waals surface area contributed by atoms with Gasteiger partial charge in [-0.15, -0.1) is 0 Å². The van der Waals surface area contributed by atoms with Gasteiger partial charge in [-0.05, 0) is 36.8 Å². The topological polar surface area (TPSA) is 56.7 Å². The SMILES string of the molecule is CN=C(NCCNC(=O)c1ccccc1)N1CCC(CC(C)C)C1. The Morgan fingerprint density at radius 1 is 1.25 bits per heavy atom. The van der Waals surface area contributed by atoms with Gasteiger partial charge < -0.3 is 15.5 Å². The van der Waals surface area contributed by atoms with Crippen LogP contribution in [-0.2, 0) is 0 Å². The van der Waals surface area contributed by atoms with Crippen molar-refractivity contribution in [2.45, 2.75) is 26.7 Å². The first-order chi connectivity index (χ1) is 11.6. The third kappa shape index (κ3) is 5.55. The molecule has 1 atom stereocenters. The smallest absolute Gasteiger partial charge is 0.251 e. The van der Waals surface area contributed by atoms with Crippen LogP contribution in [0.25, 0.3) is 0 Å². The van der Waals surface area contributed by atoms with Crippen LogP contribution in [-0.4, -0.2) is 50.0 Å². The van der Waals surface area contributed by atoms with E-state index in [-0.39, 0.29) is 5.91 Å². The number of likely N-dealkylation sites (tertiary alicyclic amines) is 1. The largest absolute Gasteiger partial charge is 0.354 e. The molecule has 132 valence electrons. The van der Waals surface area contributed by atoms with Gasteiger partial charge in [0.2, 0.25) is 0 Å². The molecule has 1 aromatic rings. The highest BCUT2D eigenvalue weighted by molar-refractivity contribution is 5.94. The first-order valence-corrected chi connectivity index (χ1v) is 8.89. The molecule has 1 aliphatic heterocycles. The lowest BCUT2D eigenvalue weighted by Gasteiger charge is -2.22. The molecule has 1 unspecified atom stereocenters. The molecule has 1 aliphatic rings. The number of rotatable bonds is 6. The van der Waals surface area contributed by atoms with Gasteiger partial charge in [-0.1, -0.05) is 32.0 Å². The van der Waals surface area contributed by atoms with Gasteiger partial charge in [-0.2, -0.15) is 0 Å². The van der Waals surface area contributed by atoms with Crippen LogP contribution in [0.1, 0.15) is 37.0 Å². The van der Waals surface area contributed by atoms with E-state index in [9.17, 15) is 4.79 Å². The van der Waals surface area contributed by atoms with Gasteiger partial charge in [0.1, 0.15) is 0 Å². The molecule has 0 aliphatic carbocycles. The van der Waals surface area contributed by atoms with E-state index in [0.29, 0.717) is 18.7 Å². The number of amides is 1. The third-order valence-corrected chi connectivity index (χ3v) is 4.33. The zero-order valence-electron chi connectivity index (χ0n) is 15.1. The third-order valence-electron chi connectivity index (χ3n) is 4.33. The predicted octanol–water partition coefficient (Wildman–Crippen LogP) is 2.36. The average molecular weight is 330 g/mol. The second-order valence-corrected chi connectivity index (χ2v) is 6.83. The maximum absolute atomic E-state index is 12.0. The van der Waals surface area contributed by atoms with Crippen molar-refractivity contribution in [3.8, 4) is 0 Å². The highest BCUT2D eigenvalue weighted by Crippen LogP contribution is 2.23. The van der Waals surface area contributed by atoms with E-state index in [2.05, 4.69) is 34.4 Å². The van der Waals surface area contributed by atoms with Crippen LogP contribution in [0.5, 0.6) is 0 Å². The van der Waals surface area contributed by atoms with E-state index < -0.39 is 0 Å². The standard InChI is InChI=1S/C19H30N4O/c1-15(2)13-16-9-12-23(14-16)19(20-3)22-11-10-21-18(24)17-7-5-4-6-8-17/h4-8,15-16H,9-14H2,1-3H3,(H,20,22)(H,21,24). The zero-order chi connectivity index (χ0) is 17.4. The van der Waals surface area contributed by atoms with Gasteiger partial charge in [0, 0.05) is 38.8 Å². The average Bonchev–Trinajstić information content (AvgIpc) is 3.03. The molecule has 1 heterocycles. The number of carbonyl (C=O) groups is 1. The van der Waals surface area contributed by atoms with E-state index >= 15 is 0 Å². The highest BCUT2D eigenvalue weighted by atomic mass is 16.1. The zero-order valence-corrected chi connectivity index (χ0v) is 15.1. The van der Waals surface area contributed by atoms with Gasteiger partial charge in [0.25, 0.3) is 5.91 Å². The van der Waals surface area contributed by atoms with Crippen LogP contribution in [0.4, 0.5) is 0 Å². The molecule has 1 aromatic carbocycles. The van der Waals surface area contributed by atoms with E-state index in [1.54, 1.807) is 0 Å². The number of nitrogens with one attached hydrogen (secondary N) is 2. The van der Waals surface area contributed by atoms with E-state index in [1.165, 1.54) is 12.8 Å². The molecule has 5 nitrogen and oxygen atoms in total. The molecule has 1 amide bonds. The van der Waals surface area contributed by atoms with Gasteiger partial charge in [-0.3, -0.25) is 9.79 Å². The normalized spacial score (nSPS) is 18.1. The van der Waals surface area contributed by atoms with Crippen molar-refractivity contribution >= 4 is 11.9 Å². The van der Waals surface area contributed by atoms with Crippen LogP contribution in [0.15, 0.2) is 35.3 Å². The van der Waals surface area contributed by atoms with Crippen molar-refractivity contribution in [3.63, 3.8) is 0 Å². The molecule has 2 N–H and O–H groups in total. The van der Waals surface area contributed by atoms with Crippen molar-refractivity contribution in [2.75, 3.05) is 33.2 Å². The minimum Gasteiger partial charge on any atom is -0.354 e. The number of nitrogens with zero attached hydrogens (tertiary/aromatic N) is 2. The molecule has 0 aromatic heterocycles. The second-order valence-electron chi connectivity index (χ2n) is 6.83. The van der Waals surface area contributed by atoms with Gasteiger partial charge in [0.05, 0.1) is 0 Å². The fraction of sp³-hybridized carbons (Fsp3) is 0.579. The molecule has 0 spiro atoms. The molecular weight excluding hydrogens is 300 g/mol. The lowest BCUT2D eigenvalue weighted by molar-refractivity contribution is 0.0954. The highest BCUT2D eigenvalue weighted by Gasteiger charge is 2.25. The molecule has 0 saturated carbocycles. The molecule has 5 heteroatoms. The van der Waals surface area contributed by atoms with Crippen LogP contribution in [0.2, 0.25) is 0 Å². The number of guanidine groups is 1. The summed E-state index contributed by atoms with van der Waals surface area (Å²) >= 11 is 0. The number of hydrogen-bond donors (Lipinski definition) is 2. The second kappa shape index (κ2) is 9.30. The summed E-state index contributed by atoms with van der Waals surface area (Å²) in [5.74, 6) is 2.42. The van der Waals surface area contributed by atoms with E-state index in [4.69, 9.17) is 0 Å². The summed E-state index contributed by atoms with van der Waals surface area (Å²) in [7, 11) is 1.82. The van der Waals surface area contributed by atoms with Crippen molar-refractivity contribution in [3.05, 3.63) is 35.9 Å². The summed E-state index contributed by atoms with van der Waals surface area (Å²) in [4.78, 5) is 18.7. The van der Waals surface area contributed by atoms with E-state index in [1.807, 2.05) is 37.4 Å². The molecule has 0 bridgehead atoms. The predicted molar refractivity (Wildman–Crippen MR) is 99.3 cm³/mol. The summed E-state index contributed by atoms with van der Waals surface area (Å²) in [6, 6.07) is 9.29. The Bertz CT molecular complexity index is 542. The lowest BCUT2D eigenvalue weighted by atomic mass is 9.97. The molecular formula is C19H30N4O. The quantitative estimate of drug-likeness (QED) is 0.478. The Kier molecular flexibility index (Phi) is 7.09. The molecule has 1 fully saturated rings. The molecule has 0 radical (unpaired) electrons. The lowest BCUT2D eigenvalue weighted by Crippen LogP contribution is -2.43. The summed E-state index contributed by atoms with van der Waals surface area (Å²) in [6.45, 7) is 7.96. The molecule has 24 heavy (non-hydrogen) atoms. The van der Waals surface area contributed by atoms with Crippen molar-refractivity contribution in [1.82, 2.24) is 15.5 Å². The van der Waals surface area contributed by atoms with Crippen LogP contribution >= 0.6 is 0 Å². The fourth-order valence-electron chi connectivity index (χ4n) is 3.26. The summed E-state index contributed by atoms with van der Waals surface area (Å²) in [5, 5.41) is 6.28.